The molecule has 2 rings (SSSR count). The van der Waals surface area contributed by atoms with E-state index in [2.05, 4.69) is 17.6 Å². The van der Waals surface area contributed by atoms with Gasteiger partial charge < -0.3 is 15.1 Å². The SMILES string of the molecule is CCc1ccc(CNc2ccc(Cl)c(NC(C)=O)c2)o1. The number of carbonyl (C=O) groups is 1. The van der Waals surface area contributed by atoms with Crippen molar-refractivity contribution in [2.24, 2.45) is 0 Å². The maximum Gasteiger partial charge on any atom is 0.221 e. The molecule has 1 amide bonds. The van der Waals surface area contributed by atoms with E-state index < -0.39 is 0 Å². The fraction of sp³-hybridized carbons (Fsp3) is 0.267. The second-order valence-electron chi connectivity index (χ2n) is 4.45. The predicted molar refractivity (Wildman–Crippen MR) is 81.2 cm³/mol. The minimum Gasteiger partial charge on any atom is -0.464 e. The highest BCUT2D eigenvalue weighted by Gasteiger charge is 2.05. The molecule has 1 heterocycles. The zero-order valence-electron chi connectivity index (χ0n) is 11.5. The largest absolute Gasteiger partial charge is 0.464 e. The number of furan rings is 1. The fourth-order valence-corrected chi connectivity index (χ4v) is 1.98. The normalized spacial score (nSPS) is 10.3. The number of aryl methyl sites for hydroxylation is 1. The van der Waals surface area contributed by atoms with Gasteiger partial charge in [-0.1, -0.05) is 18.5 Å². The van der Waals surface area contributed by atoms with Crippen LogP contribution in [0.25, 0.3) is 0 Å². The van der Waals surface area contributed by atoms with E-state index in [1.807, 2.05) is 18.2 Å². The van der Waals surface area contributed by atoms with Gasteiger partial charge in [0.25, 0.3) is 0 Å². The maximum atomic E-state index is 11.1. The summed E-state index contributed by atoms with van der Waals surface area (Å²) in [6, 6.07) is 9.33. The van der Waals surface area contributed by atoms with Gasteiger partial charge in [-0.25, -0.2) is 0 Å². The first kappa shape index (κ1) is 14.5. The van der Waals surface area contributed by atoms with Gasteiger partial charge in [-0.3, -0.25) is 4.79 Å². The molecule has 0 radical (unpaired) electrons. The number of hydrogen-bond donors (Lipinski definition) is 2. The molecular weight excluding hydrogens is 276 g/mol. The Morgan fingerprint density at radius 1 is 1.25 bits per heavy atom. The minimum absolute atomic E-state index is 0.150. The van der Waals surface area contributed by atoms with Gasteiger partial charge in [0.1, 0.15) is 11.5 Å². The molecule has 0 spiro atoms. The summed E-state index contributed by atoms with van der Waals surface area (Å²) in [6.45, 7) is 4.08. The summed E-state index contributed by atoms with van der Waals surface area (Å²) in [5.74, 6) is 1.69. The summed E-state index contributed by atoms with van der Waals surface area (Å²) < 4.78 is 5.61. The average molecular weight is 293 g/mol. The van der Waals surface area contributed by atoms with Crippen molar-refractivity contribution in [3.63, 3.8) is 0 Å². The van der Waals surface area contributed by atoms with Crippen LogP contribution in [0.5, 0.6) is 0 Å². The second kappa shape index (κ2) is 6.48. The number of halogens is 1. The van der Waals surface area contributed by atoms with Gasteiger partial charge in [0.2, 0.25) is 5.91 Å². The second-order valence-corrected chi connectivity index (χ2v) is 4.86. The third-order valence-corrected chi connectivity index (χ3v) is 3.14. The zero-order valence-corrected chi connectivity index (χ0v) is 12.3. The fourth-order valence-electron chi connectivity index (χ4n) is 1.82. The van der Waals surface area contributed by atoms with Crippen molar-refractivity contribution < 1.29 is 9.21 Å². The lowest BCUT2D eigenvalue weighted by Gasteiger charge is -2.09. The monoisotopic (exact) mass is 292 g/mol. The Bertz CT molecular complexity index is 608. The molecule has 5 heteroatoms. The summed E-state index contributed by atoms with van der Waals surface area (Å²) in [5.41, 5.74) is 1.46. The Labute approximate surface area is 123 Å². The molecule has 0 fully saturated rings. The van der Waals surface area contributed by atoms with Crippen LogP contribution in [0.3, 0.4) is 0 Å². The molecule has 2 aromatic rings. The number of carbonyl (C=O) groups excluding carboxylic acids is 1. The van der Waals surface area contributed by atoms with Crippen LogP contribution < -0.4 is 10.6 Å². The molecule has 0 saturated carbocycles. The lowest BCUT2D eigenvalue weighted by molar-refractivity contribution is -0.114. The molecule has 0 saturated heterocycles. The highest BCUT2D eigenvalue weighted by atomic mass is 35.5. The summed E-state index contributed by atoms with van der Waals surface area (Å²) in [5, 5.41) is 6.44. The number of benzene rings is 1. The molecule has 0 unspecified atom stereocenters. The molecule has 1 aromatic carbocycles. The topological polar surface area (TPSA) is 54.3 Å². The number of anilines is 2. The van der Waals surface area contributed by atoms with Gasteiger partial charge in [-0.05, 0) is 30.3 Å². The molecule has 0 aliphatic carbocycles. The van der Waals surface area contributed by atoms with Crippen LogP contribution in [0, 0.1) is 0 Å². The molecule has 4 nitrogen and oxygen atoms in total. The van der Waals surface area contributed by atoms with Crippen molar-refractivity contribution in [1.29, 1.82) is 0 Å². The smallest absolute Gasteiger partial charge is 0.221 e. The van der Waals surface area contributed by atoms with Crippen molar-refractivity contribution in [3.05, 3.63) is 46.9 Å². The number of nitrogens with one attached hydrogen (secondary N) is 2. The Balaban J connectivity index is 2.03. The summed E-state index contributed by atoms with van der Waals surface area (Å²) in [6.07, 6.45) is 0.883. The van der Waals surface area contributed by atoms with Crippen LogP contribution in [0.2, 0.25) is 5.02 Å². The third-order valence-electron chi connectivity index (χ3n) is 2.81. The molecule has 0 atom stereocenters. The third kappa shape index (κ3) is 3.78. The first-order chi connectivity index (χ1) is 9.58. The molecule has 2 N–H and O–H groups in total. The van der Waals surface area contributed by atoms with Gasteiger partial charge in [0, 0.05) is 19.0 Å². The van der Waals surface area contributed by atoms with Crippen LogP contribution >= 0.6 is 11.6 Å². The van der Waals surface area contributed by atoms with Crippen LogP contribution in [-0.4, -0.2) is 5.91 Å². The van der Waals surface area contributed by atoms with E-state index in [9.17, 15) is 4.79 Å². The van der Waals surface area contributed by atoms with Gasteiger partial charge in [0.05, 0.1) is 17.3 Å². The maximum absolute atomic E-state index is 11.1. The summed E-state index contributed by atoms with van der Waals surface area (Å²) in [7, 11) is 0. The molecule has 20 heavy (non-hydrogen) atoms. The quantitative estimate of drug-likeness (QED) is 0.873. The molecule has 0 aliphatic heterocycles. The predicted octanol–water partition coefficient (Wildman–Crippen LogP) is 4.07. The molecule has 0 bridgehead atoms. The lowest BCUT2D eigenvalue weighted by atomic mass is 10.2. The van der Waals surface area contributed by atoms with Gasteiger partial charge in [-0.2, -0.15) is 0 Å². The Kier molecular flexibility index (Phi) is 4.69. The van der Waals surface area contributed by atoms with E-state index in [0.717, 1.165) is 23.6 Å². The van der Waals surface area contributed by atoms with E-state index in [1.54, 1.807) is 12.1 Å². The van der Waals surface area contributed by atoms with Gasteiger partial charge >= 0.3 is 0 Å². The Hall–Kier alpha value is -1.94. The molecular formula is C15H17ClN2O2. The number of rotatable bonds is 5. The Morgan fingerprint density at radius 3 is 2.65 bits per heavy atom. The molecule has 1 aromatic heterocycles. The molecule has 106 valence electrons. The lowest BCUT2D eigenvalue weighted by Crippen LogP contribution is -2.07. The summed E-state index contributed by atoms with van der Waals surface area (Å²) >= 11 is 6.02. The molecule has 0 aliphatic rings. The first-order valence-electron chi connectivity index (χ1n) is 6.47. The number of amides is 1. The van der Waals surface area contributed by atoms with Crippen molar-refractivity contribution >= 4 is 28.9 Å². The minimum atomic E-state index is -0.150. The summed E-state index contributed by atoms with van der Waals surface area (Å²) in [4.78, 5) is 11.1. The van der Waals surface area contributed by atoms with E-state index in [1.165, 1.54) is 6.92 Å². The average Bonchev–Trinajstić information content (AvgIpc) is 2.87. The highest BCUT2D eigenvalue weighted by Crippen LogP contribution is 2.26. The van der Waals surface area contributed by atoms with Crippen LogP contribution in [0.4, 0.5) is 11.4 Å². The zero-order chi connectivity index (χ0) is 14.5. The Morgan fingerprint density at radius 2 is 2.00 bits per heavy atom. The van der Waals surface area contributed by atoms with E-state index in [0.29, 0.717) is 17.3 Å². The van der Waals surface area contributed by atoms with E-state index in [-0.39, 0.29) is 5.91 Å². The van der Waals surface area contributed by atoms with Gasteiger partial charge in [-0.15, -0.1) is 0 Å². The van der Waals surface area contributed by atoms with Crippen molar-refractivity contribution in [3.8, 4) is 0 Å². The standard InChI is InChI=1S/C15H17ClN2O2/c1-3-12-5-6-13(20-12)9-17-11-4-7-14(16)15(8-11)18-10(2)19/h4-8,17H,3,9H2,1-2H3,(H,18,19). The van der Waals surface area contributed by atoms with Crippen LogP contribution in [0.15, 0.2) is 34.7 Å². The van der Waals surface area contributed by atoms with Crippen LogP contribution in [-0.2, 0) is 17.8 Å². The first-order valence-corrected chi connectivity index (χ1v) is 6.85. The number of hydrogen-bond acceptors (Lipinski definition) is 3. The van der Waals surface area contributed by atoms with Crippen molar-refractivity contribution in [2.75, 3.05) is 10.6 Å². The highest BCUT2D eigenvalue weighted by molar-refractivity contribution is 6.33. The van der Waals surface area contributed by atoms with E-state index in [4.69, 9.17) is 16.0 Å². The van der Waals surface area contributed by atoms with Crippen molar-refractivity contribution in [2.45, 2.75) is 26.8 Å². The van der Waals surface area contributed by atoms with Gasteiger partial charge in [0.15, 0.2) is 0 Å². The van der Waals surface area contributed by atoms with Crippen molar-refractivity contribution in [1.82, 2.24) is 0 Å². The van der Waals surface area contributed by atoms with Crippen LogP contribution in [0.1, 0.15) is 25.4 Å². The van der Waals surface area contributed by atoms with E-state index >= 15 is 0 Å².